The highest BCUT2D eigenvalue weighted by Crippen LogP contribution is 2.21. The second-order valence-electron chi connectivity index (χ2n) is 5.07. The molecule has 4 nitrogen and oxygen atoms in total. The van der Waals surface area contributed by atoms with Gasteiger partial charge in [-0.05, 0) is 20.0 Å². The predicted octanol–water partition coefficient (Wildman–Crippen LogP) is 1.56. The van der Waals surface area contributed by atoms with Gasteiger partial charge in [-0.15, -0.1) is 11.3 Å². The Morgan fingerprint density at radius 3 is 2.42 bits per heavy atom. The van der Waals surface area contributed by atoms with Crippen LogP contribution in [-0.2, 0) is 19.5 Å². The number of aromatic nitrogens is 1. The number of aryl methyl sites for hydroxylation is 1. The molecule has 0 spiro atoms. The maximum atomic E-state index is 4.80. The van der Waals surface area contributed by atoms with Crippen LogP contribution in [0.2, 0.25) is 0 Å². The Morgan fingerprint density at radius 2 is 1.84 bits per heavy atom. The van der Waals surface area contributed by atoms with Gasteiger partial charge in [-0.25, -0.2) is 4.98 Å². The average Bonchev–Trinajstić information content (AvgIpc) is 2.82. The van der Waals surface area contributed by atoms with Crippen molar-refractivity contribution in [3.63, 3.8) is 0 Å². The van der Waals surface area contributed by atoms with E-state index in [1.165, 1.54) is 48.3 Å². The number of thiazole rings is 1. The Bertz CT molecular complexity index is 383. The molecule has 1 aliphatic rings. The molecule has 2 heterocycles. The fourth-order valence-corrected chi connectivity index (χ4v) is 3.75. The minimum Gasteiger partial charge on any atom is -0.315 e. The van der Waals surface area contributed by atoms with Gasteiger partial charge in [0.15, 0.2) is 0 Å². The lowest BCUT2D eigenvalue weighted by atomic mass is 10.3. The Balaban J connectivity index is 1.92. The van der Waals surface area contributed by atoms with Crippen molar-refractivity contribution in [2.75, 3.05) is 39.8 Å². The van der Waals surface area contributed by atoms with E-state index in [9.17, 15) is 0 Å². The van der Waals surface area contributed by atoms with Crippen LogP contribution in [0.15, 0.2) is 0 Å². The normalized spacial score (nSPS) is 18.1. The summed E-state index contributed by atoms with van der Waals surface area (Å²) in [6.45, 7) is 12.3. The SMILES string of the molecule is CCc1nc(CN2CCN(CC)CC2)sc1CNC. The van der Waals surface area contributed by atoms with Crippen molar-refractivity contribution in [2.24, 2.45) is 0 Å². The van der Waals surface area contributed by atoms with E-state index in [0.717, 1.165) is 19.5 Å². The molecule has 108 valence electrons. The summed E-state index contributed by atoms with van der Waals surface area (Å²) in [6, 6.07) is 0. The van der Waals surface area contributed by atoms with Crippen molar-refractivity contribution < 1.29 is 0 Å². The smallest absolute Gasteiger partial charge is 0.107 e. The molecule has 1 aromatic heterocycles. The van der Waals surface area contributed by atoms with Crippen LogP contribution in [0, 0.1) is 0 Å². The van der Waals surface area contributed by atoms with Crippen molar-refractivity contribution in [3.8, 4) is 0 Å². The van der Waals surface area contributed by atoms with E-state index in [-0.39, 0.29) is 0 Å². The first-order valence-electron chi connectivity index (χ1n) is 7.33. The molecule has 0 radical (unpaired) electrons. The van der Waals surface area contributed by atoms with Crippen molar-refractivity contribution in [1.82, 2.24) is 20.1 Å². The monoisotopic (exact) mass is 282 g/mol. The van der Waals surface area contributed by atoms with Gasteiger partial charge >= 0.3 is 0 Å². The molecule has 0 aliphatic carbocycles. The van der Waals surface area contributed by atoms with E-state index >= 15 is 0 Å². The van der Waals surface area contributed by atoms with Crippen LogP contribution < -0.4 is 5.32 Å². The van der Waals surface area contributed by atoms with Gasteiger partial charge in [0, 0.05) is 37.6 Å². The van der Waals surface area contributed by atoms with Gasteiger partial charge in [0.1, 0.15) is 5.01 Å². The lowest BCUT2D eigenvalue weighted by Crippen LogP contribution is -2.45. The van der Waals surface area contributed by atoms with Crippen molar-refractivity contribution in [2.45, 2.75) is 33.4 Å². The average molecular weight is 282 g/mol. The standard InChI is InChI=1S/C14H26N4S/c1-4-12-13(10-15-3)19-14(16-12)11-18-8-6-17(5-2)7-9-18/h15H,4-11H2,1-3H3. The molecule has 1 aromatic rings. The van der Waals surface area contributed by atoms with E-state index < -0.39 is 0 Å². The van der Waals surface area contributed by atoms with Crippen LogP contribution in [0.3, 0.4) is 0 Å². The molecular formula is C14H26N4S. The number of hydrogen-bond acceptors (Lipinski definition) is 5. The first kappa shape index (κ1) is 14.9. The molecule has 5 heteroatoms. The van der Waals surface area contributed by atoms with Crippen molar-refractivity contribution in [3.05, 3.63) is 15.6 Å². The van der Waals surface area contributed by atoms with Crippen molar-refractivity contribution in [1.29, 1.82) is 0 Å². The summed E-state index contributed by atoms with van der Waals surface area (Å²) in [5.74, 6) is 0. The first-order chi connectivity index (χ1) is 9.26. The number of rotatable bonds is 6. The summed E-state index contributed by atoms with van der Waals surface area (Å²) in [5, 5.41) is 4.52. The molecular weight excluding hydrogens is 256 g/mol. The lowest BCUT2D eigenvalue weighted by molar-refractivity contribution is 0.132. The highest BCUT2D eigenvalue weighted by molar-refractivity contribution is 7.11. The van der Waals surface area contributed by atoms with Gasteiger partial charge in [-0.2, -0.15) is 0 Å². The Morgan fingerprint density at radius 1 is 1.16 bits per heavy atom. The third kappa shape index (κ3) is 3.99. The van der Waals surface area contributed by atoms with Crippen LogP contribution in [-0.4, -0.2) is 54.6 Å². The molecule has 1 fully saturated rings. The van der Waals surface area contributed by atoms with E-state index in [2.05, 4.69) is 29.0 Å². The number of likely N-dealkylation sites (N-methyl/N-ethyl adjacent to an activating group) is 1. The van der Waals surface area contributed by atoms with E-state index in [4.69, 9.17) is 4.98 Å². The van der Waals surface area contributed by atoms with E-state index in [1.54, 1.807) is 0 Å². The van der Waals surface area contributed by atoms with Crippen LogP contribution in [0.5, 0.6) is 0 Å². The van der Waals surface area contributed by atoms with Gasteiger partial charge in [-0.3, -0.25) is 4.90 Å². The molecule has 0 atom stereocenters. The van der Waals surface area contributed by atoms with Gasteiger partial charge in [0.2, 0.25) is 0 Å². The fraction of sp³-hybridized carbons (Fsp3) is 0.786. The first-order valence-corrected chi connectivity index (χ1v) is 8.15. The fourth-order valence-electron chi connectivity index (χ4n) is 2.53. The molecule has 0 unspecified atom stereocenters. The zero-order chi connectivity index (χ0) is 13.7. The minimum absolute atomic E-state index is 0.949. The molecule has 2 rings (SSSR count). The topological polar surface area (TPSA) is 31.4 Å². The van der Waals surface area contributed by atoms with Crippen LogP contribution >= 0.6 is 11.3 Å². The maximum absolute atomic E-state index is 4.80. The molecule has 0 aromatic carbocycles. The Kier molecular flexibility index (Phi) is 5.76. The molecule has 0 saturated carbocycles. The van der Waals surface area contributed by atoms with E-state index in [1.807, 2.05) is 18.4 Å². The molecule has 0 bridgehead atoms. The zero-order valence-electron chi connectivity index (χ0n) is 12.4. The summed E-state index contributed by atoms with van der Waals surface area (Å²) >= 11 is 1.88. The molecule has 1 saturated heterocycles. The lowest BCUT2D eigenvalue weighted by Gasteiger charge is -2.33. The molecule has 19 heavy (non-hydrogen) atoms. The van der Waals surface area contributed by atoms with Gasteiger partial charge in [-0.1, -0.05) is 13.8 Å². The third-order valence-electron chi connectivity index (χ3n) is 3.77. The number of piperazine rings is 1. The second kappa shape index (κ2) is 7.33. The van der Waals surface area contributed by atoms with Crippen LogP contribution in [0.1, 0.15) is 29.4 Å². The summed E-state index contributed by atoms with van der Waals surface area (Å²) in [5.41, 5.74) is 1.28. The summed E-state index contributed by atoms with van der Waals surface area (Å²) in [4.78, 5) is 11.3. The van der Waals surface area contributed by atoms with Gasteiger partial charge < -0.3 is 10.2 Å². The minimum atomic E-state index is 0.949. The summed E-state index contributed by atoms with van der Waals surface area (Å²) in [6.07, 6.45) is 1.04. The van der Waals surface area contributed by atoms with Crippen LogP contribution in [0.25, 0.3) is 0 Å². The number of nitrogens with one attached hydrogen (secondary N) is 1. The van der Waals surface area contributed by atoms with Crippen LogP contribution in [0.4, 0.5) is 0 Å². The summed E-state index contributed by atoms with van der Waals surface area (Å²) in [7, 11) is 2.00. The predicted molar refractivity (Wildman–Crippen MR) is 81.6 cm³/mol. The molecule has 1 N–H and O–H groups in total. The van der Waals surface area contributed by atoms with Crippen molar-refractivity contribution >= 4 is 11.3 Å². The Labute approximate surface area is 120 Å². The largest absolute Gasteiger partial charge is 0.315 e. The summed E-state index contributed by atoms with van der Waals surface area (Å²) < 4.78 is 0. The molecule has 0 amide bonds. The zero-order valence-corrected chi connectivity index (χ0v) is 13.2. The number of nitrogens with zero attached hydrogens (tertiary/aromatic N) is 3. The maximum Gasteiger partial charge on any atom is 0.107 e. The highest BCUT2D eigenvalue weighted by Gasteiger charge is 2.17. The number of hydrogen-bond donors (Lipinski definition) is 1. The van der Waals surface area contributed by atoms with Gasteiger partial charge in [0.25, 0.3) is 0 Å². The van der Waals surface area contributed by atoms with Gasteiger partial charge in [0.05, 0.1) is 12.2 Å². The molecule has 1 aliphatic heterocycles. The van der Waals surface area contributed by atoms with E-state index in [0.29, 0.717) is 0 Å². The highest BCUT2D eigenvalue weighted by atomic mass is 32.1. The quantitative estimate of drug-likeness (QED) is 0.858. The third-order valence-corrected chi connectivity index (χ3v) is 4.85. The second-order valence-corrected chi connectivity index (χ2v) is 6.24. The Hall–Kier alpha value is -0.490.